The number of nitrogens with zero attached hydrogens (tertiary/aromatic N) is 1. The Morgan fingerprint density at radius 3 is 2.59 bits per heavy atom. The average Bonchev–Trinajstić information content (AvgIpc) is 3.12. The van der Waals surface area contributed by atoms with E-state index in [-0.39, 0.29) is 16.6 Å². The summed E-state index contributed by atoms with van der Waals surface area (Å²) >= 11 is 17.7. The van der Waals surface area contributed by atoms with Crippen molar-refractivity contribution < 1.29 is 18.7 Å². The van der Waals surface area contributed by atoms with E-state index in [1.54, 1.807) is 30.3 Å². The van der Waals surface area contributed by atoms with E-state index in [0.717, 1.165) is 0 Å². The van der Waals surface area contributed by atoms with E-state index in [0.29, 0.717) is 21.4 Å². The van der Waals surface area contributed by atoms with Crippen LogP contribution in [0.25, 0.3) is 11.3 Å². The number of anilines is 1. The number of carbonyl (C=O) groups is 2. The number of amides is 1. The summed E-state index contributed by atoms with van der Waals surface area (Å²) in [6, 6.07) is 11.5. The molecule has 6 nitrogen and oxygen atoms in total. The molecule has 9 heteroatoms. The molecule has 0 aliphatic heterocycles. The van der Waals surface area contributed by atoms with Crippen LogP contribution in [0.1, 0.15) is 10.6 Å². The predicted octanol–water partition coefficient (Wildman–Crippen LogP) is 5.10. The Kier molecular flexibility index (Phi) is 6.01. The van der Waals surface area contributed by atoms with Gasteiger partial charge in [0.05, 0.1) is 15.1 Å². The van der Waals surface area contributed by atoms with E-state index < -0.39 is 18.5 Å². The van der Waals surface area contributed by atoms with Crippen molar-refractivity contribution in [1.29, 1.82) is 0 Å². The predicted molar refractivity (Wildman–Crippen MR) is 102 cm³/mol. The van der Waals surface area contributed by atoms with Gasteiger partial charge in [-0.25, -0.2) is 9.78 Å². The number of benzene rings is 1. The third-order valence-corrected chi connectivity index (χ3v) is 4.17. The number of rotatable bonds is 5. The van der Waals surface area contributed by atoms with Gasteiger partial charge in [0.15, 0.2) is 12.4 Å². The van der Waals surface area contributed by atoms with E-state index in [2.05, 4.69) is 10.3 Å². The minimum atomic E-state index is -0.793. The molecule has 0 unspecified atom stereocenters. The zero-order valence-corrected chi connectivity index (χ0v) is 15.8. The van der Waals surface area contributed by atoms with Gasteiger partial charge in [0.2, 0.25) is 5.76 Å². The van der Waals surface area contributed by atoms with Crippen LogP contribution in [-0.4, -0.2) is 23.5 Å². The molecular formula is C18H11Cl3N2O4. The monoisotopic (exact) mass is 424 g/mol. The van der Waals surface area contributed by atoms with Gasteiger partial charge in [-0.3, -0.25) is 4.79 Å². The highest BCUT2D eigenvalue weighted by molar-refractivity contribution is 6.36. The lowest BCUT2D eigenvalue weighted by Crippen LogP contribution is -2.21. The number of hydrogen-bond acceptors (Lipinski definition) is 5. The van der Waals surface area contributed by atoms with Crippen LogP contribution in [0, 0.1) is 0 Å². The summed E-state index contributed by atoms with van der Waals surface area (Å²) in [5, 5.41) is 3.40. The van der Waals surface area contributed by atoms with Crippen molar-refractivity contribution in [2.24, 2.45) is 0 Å². The van der Waals surface area contributed by atoms with Crippen molar-refractivity contribution >= 4 is 52.5 Å². The van der Waals surface area contributed by atoms with Crippen LogP contribution in [0.2, 0.25) is 15.1 Å². The molecule has 3 aromatic rings. The van der Waals surface area contributed by atoms with Crippen molar-refractivity contribution in [3.05, 3.63) is 69.5 Å². The molecular weight excluding hydrogens is 415 g/mol. The van der Waals surface area contributed by atoms with Gasteiger partial charge in [0, 0.05) is 11.8 Å². The van der Waals surface area contributed by atoms with E-state index in [9.17, 15) is 9.59 Å². The van der Waals surface area contributed by atoms with Gasteiger partial charge >= 0.3 is 5.97 Å². The Bertz CT molecular complexity index is 1000. The minimum absolute atomic E-state index is 0.0552. The fraction of sp³-hybridized carbons (Fsp3) is 0.0556. The molecule has 138 valence electrons. The molecule has 2 aromatic heterocycles. The average molecular weight is 426 g/mol. The van der Waals surface area contributed by atoms with Crippen LogP contribution in [0.15, 0.2) is 53.1 Å². The second kappa shape index (κ2) is 8.43. The Morgan fingerprint density at radius 2 is 1.85 bits per heavy atom. The SMILES string of the molecule is O=C(COC(=O)c1ccc(-c2ccccc2Cl)o1)Nc1ncc(Cl)cc1Cl. The highest BCUT2D eigenvalue weighted by Crippen LogP contribution is 2.29. The highest BCUT2D eigenvalue weighted by atomic mass is 35.5. The summed E-state index contributed by atoms with van der Waals surface area (Å²) < 4.78 is 10.4. The Labute approximate surface area is 169 Å². The second-order valence-electron chi connectivity index (χ2n) is 5.25. The summed E-state index contributed by atoms with van der Waals surface area (Å²) in [4.78, 5) is 27.8. The zero-order valence-electron chi connectivity index (χ0n) is 13.5. The fourth-order valence-electron chi connectivity index (χ4n) is 2.13. The number of halogens is 3. The number of aromatic nitrogens is 1. The van der Waals surface area contributed by atoms with Crippen molar-refractivity contribution in [3.8, 4) is 11.3 Å². The second-order valence-corrected chi connectivity index (χ2v) is 6.50. The number of hydrogen-bond donors (Lipinski definition) is 1. The lowest BCUT2D eigenvalue weighted by atomic mass is 10.2. The molecule has 0 radical (unpaired) electrons. The van der Waals surface area contributed by atoms with Gasteiger partial charge in [-0.2, -0.15) is 0 Å². The number of carbonyl (C=O) groups excluding carboxylic acids is 2. The molecule has 0 saturated heterocycles. The van der Waals surface area contributed by atoms with Crippen molar-refractivity contribution in [2.75, 3.05) is 11.9 Å². The maximum Gasteiger partial charge on any atom is 0.374 e. The molecule has 0 fully saturated rings. The van der Waals surface area contributed by atoms with E-state index >= 15 is 0 Å². The zero-order chi connectivity index (χ0) is 19.4. The van der Waals surface area contributed by atoms with Crippen LogP contribution in [0.4, 0.5) is 5.82 Å². The molecule has 0 spiro atoms. The first-order valence-electron chi connectivity index (χ1n) is 7.57. The Hall–Kier alpha value is -2.54. The minimum Gasteiger partial charge on any atom is -0.450 e. The molecule has 3 rings (SSSR count). The number of pyridine rings is 1. The van der Waals surface area contributed by atoms with E-state index in [1.807, 2.05) is 0 Å². The van der Waals surface area contributed by atoms with Crippen LogP contribution in [0.5, 0.6) is 0 Å². The maximum absolute atomic E-state index is 12.1. The van der Waals surface area contributed by atoms with Crippen molar-refractivity contribution in [3.63, 3.8) is 0 Å². The van der Waals surface area contributed by atoms with E-state index in [1.165, 1.54) is 18.3 Å². The third kappa shape index (κ3) is 4.80. The van der Waals surface area contributed by atoms with Gasteiger partial charge in [-0.15, -0.1) is 0 Å². The lowest BCUT2D eigenvalue weighted by molar-refractivity contribution is -0.119. The molecule has 2 heterocycles. The molecule has 0 atom stereocenters. The smallest absolute Gasteiger partial charge is 0.374 e. The fourth-order valence-corrected chi connectivity index (χ4v) is 2.79. The summed E-state index contributed by atoms with van der Waals surface area (Å²) in [6.07, 6.45) is 1.33. The third-order valence-electron chi connectivity index (χ3n) is 3.35. The number of furan rings is 1. The Morgan fingerprint density at radius 1 is 1.07 bits per heavy atom. The van der Waals surface area contributed by atoms with Gasteiger partial charge in [-0.1, -0.05) is 46.9 Å². The largest absolute Gasteiger partial charge is 0.450 e. The van der Waals surface area contributed by atoms with Gasteiger partial charge in [-0.05, 0) is 30.3 Å². The molecule has 27 heavy (non-hydrogen) atoms. The molecule has 0 aliphatic carbocycles. The number of esters is 1. The van der Waals surface area contributed by atoms with Crippen LogP contribution < -0.4 is 5.32 Å². The first-order chi connectivity index (χ1) is 12.9. The van der Waals surface area contributed by atoms with Crippen molar-refractivity contribution in [1.82, 2.24) is 4.98 Å². The standard InChI is InChI=1S/C18H11Cl3N2O4/c19-10-7-13(21)17(22-8-10)23-16(24)9-26-18(25)15-6-5-14(27-15)11-3-1-2-4-12(11)20/h1-8H,9H2,(H,22,23,24). The molecule has 1 aromatic carbocycles. The first kappa shape index (κ1) is 19.2. The highest BCUT2D eigenvalue weighted by Gasteiger charge is 2.17. The summed E-state index contributed by atoms with van der Waals surface area (Å²) in [5.74, 6) is -0.938. The first-order valence-corrected chi connectivity index (χ1v) is 8.70. The van der Waals surface area contributed by atoms with Gasteiger partial charge < -0.3 is 14.5 Å². The molecule has 1 N–H and O–H groups in total. The van der Waals surface area contributed by atoms with Crippen LogP contribution in [0.3, 0.4) is 0 Å². The summed E-state index contributed by atoms with van der Waals surface area (Å²) in [5.41, 5.74) is 0.638. The van der Waals surface area contributed by atoms with Gasteiger partial charge in [0.25, 0.3) is 5.91 Å². The normalized spacial score (nSPS) is 10.5. The quantitative estimate of drug-likeness (QED) is 0.575. The molecule has 0 aliphatic rings. The topological polar surface area (TPSA) is 81.4 Å². The summed E-state index contributed by atoms with van der Waals surface area (Å²) in [7, 11) is 0. The molecule has 0 bridgehead atoms. The van der Waals surface area contributed by atoms with E-state index in [4.69, 9.17) is 44.0 Å². The maximum atomic E-state index is 12.1. The number of ether oxygens (including phenoxy) is 1. The number of nitrogens with one attached hydrogen (secondary N) is 1. The van der Waals surface area contributed by atoms with Gasteiger partial charge in [0.1, 0.15) is 5.76 Å². The van der Waals surface area contributed by atoms with Crippen LogP contribution in [-0.2, 0) is 9.53 Å². The molecule has 1 amide bonds. The summed E-state index contributed by atoms with van der Waals surface area (Å²) in [6.45, 7) is -0.540. The molecule has 0 saturated carbocycles. The van der Waals surface area contributed by atoms with Crippen LogP contribution >= 0.6 is 34.8 Å². The lowest BCUT2D eigenvalue weighted by Gasteiger charge is -2.06. The Balaban J connectivity index is 1.59. The van der Waals surface area contributed by atoms with Crippen molar-refractivity contribution in [2.45, 2.75) is 0 Å².